The van der Waals surface area contributed by atoms with E-state index in [0.29, 0.717) is 5.75 Å². The van der Waals surface area contributed by atoms with E-state index in [-0.39, 0.29) is 12.2 Å². The average molecular weight is 455 g/mol. The van der Waals surface area contributed by atoms with Crippen molar-refractivity contribution in [1.82, 2.24) is 16.0 Å². The van der Waals surface area contributed by atoms with Crippen LogP contribution in [0.4, 0.5) is 0 Å². The number of nitrogens with two attached hydrogens (primary N) is 1. The first-order valence-corrected chi connectivity index (χ1v) is 10.4. The largest absolute Gasteiger partial charge is 0.481 e. The zero-order chi connectivity index (χ0) is 22.6. The third kappa shape index (κ3) is 10.3. The van der Waals surface area contributed by atoms with E-state index in [0.717, 1.165) is 0 Å². The van der Waals surface area contributed by atoms with Gasteiger partial charge in [0.1, 0.15) is 24.2 Å². The summed E-state index contributed by atoms with van der Waals surface area (Å²) in [6.45, 7) is -0.621. The van der Waals surface area contributed by atoms with Gasteiger partial charge in [-0.2, -0.15) is 24.4 Å². The van der Waals surface area contributed by atoms with Gasteiger partial charge in [0.2, 0.25) is 17.7 Å². The van der Waals surface area contributed by atoms with Crippen molar-refractivity contribution in [2.24, 2.45) is 5.73 Å². The Morgan fingerprint density at radius 2 is 1.48 bits per heavy atom. The molecule has 4 unspecified atom stereocenters. The quantitative estimate of drug-likeness (QED) is 0.125. The minimum absolute atomic E-state index is 0.203. The van der Waals surface area contributed by atoms with Gasteiger partial charge in [-0.3, -0.25) is 19.2 Å². The van der Waals surface area contributed by atoms with Gasteiger partial charge >= 0.3 is 11.9 Å². The summed E-state index contributed by atoms with van der Waals surface area (Å²) in [6.07, 6.45) is 1.14. The van der Waals surface area contributed by atoms with E-state index in [1.807, 2.05) is 5.32 Å². The molecule has 0 saturated carbocycles. The minimum Gasteiger partial charge on any atom is -0.481 e. The lowest BCUT2D eigenvalue weighted by Crippen LogP contribution is -2.58. The van der Waals surface area contributed by atoms with Crippen LogP contribution in [-0.2, 0) is 24.0 Å². The Morgan fingerprint density at radius 1 is 0.966 bits per heavy atom. The molecule has 3 amide bonds. The summed E-state index contributed by atoms with van der Waals surface area (Å²) >= 11 is 5.36. The van der Waals surface area contributed by atoms with Gasteiger partial charge in [0.25, 0.3) is 0 Å². The molecule has 0 saturated heterocycles. The summed E-state index contributed by atoms with van der Waals surface area (Å²) in [6, 6.07) is -5.25. The Labute approximate surface area is 176 Å². The SMILES string of the molecule is CSCCC(NC(=O)C(N)CO)C(=O)NC(CS)C(=O)NC(CC(=O)O)C(=O)O. The highest BCUT2D eigenvalue weighted by atomic mass is 32.2. The standard InChI is InChI=1S/C15H26N4O8S2/c1-29-3-2-8(17-12(23)7(16)5-20)13(24)19-10(6-28)14(25)18-9(15(26)27)4-11(21)22/h7-10,20,28H,2-6,16H2,1H3,(H,17,23)(H,18,25)(H,19,24)(H,21,22)(H,26,27). The van der Waals surface area contributed by atoms with Crippen LogP contribution in [0.1, 0.15) is 12.8 Å². The second kappa shape index (κ2) is 14.0. The Morgan fingerprint density at radius 3 is 1.93 bits per heavy atom. The number of hydrogen-bond acceptors (Lipinski definition) is 9. The maximum atomic E-state index is 12.5. The van der Waals surface area contributed by atoms with Gasteiger partial charge in [-0.25, -0.2) is 4.79 Å². The number of carbonyl (C=O) groups is 5. The molecule has 29 heavy (non-hydrogen) atoms. The van der Waals surface area contributed by atoms with Crippen LogP contribution in [0.15, 0.2) is 0 Å². The molecule has 0 aliphatic heterocycles. The molecule has 0 radical (unpaired) electrons. The maximum Gasteiger partial charge on any atom is 0.326 e. The average Bonchev–Trinajstić information content (AvgIpc) is 2.66. The molecule has 166 valence electrons. The van der Waals surface area contributed by atoms with E-state index in [9.17, 15) is 24.0 Å². The van der Waals surface area contributed by atoms with Gasteiger partial charge in [-0.05, 0) is 18.4 Å². The number of carboxylic acid groups (broad SMARTS) is 2. The Kier molecular flexibility index (Phi) is 13.0. The van der Waals surface area contributed by atoms with Gasteiger partial charge < -0.3 is 37.0 Å². The summed E-state index contributed by atoms with van der Waals surface area (Å²) in [5, 5.41) is 33.4. The summed E-state index contributed by atoms with van der Waals surface area (Å²) in [4.78, 5) is 58.4. The molecule has 0 aromatic carbocycles. The molecule has 14 heteroatoms. The van der Waals surface area contributed by atoms with E-state index in [1.165, 1.54) is 11.8 Å². The molecule has 0 aliphatic carbocycles. The maximum absolute atomic E-state index is 12.5. The van der Waals surface area contributed by atoms with E-state index < -0.39 is 66.9 Å². The highest BCUT2D eigenvalue weighted by Gasteiger charge is 2.30. The van der Waals surface area contributed by atoms with E-state index in [1.54, 1.807) is 6.26 Å². The lowest BCUT2D eigenvalue weighted by atomic mass is 10.1. The molecule has 4 atom stereocenters. The highest BCUT2D eigenvalue weighted by Crippen LogP contribution is 2.03. The zero-order valence-corrected chi connectivity index (χ0v) is 17.4. The number of aliphatic carboxylic acids is 2. The van der Waals surface area contributed by atoms with Crippen LogP contribution < -0.4 is 21.7 Å². The van der Waals surface area contributed by atoms with Crippen LogP contribution >= 0.6 is 24.4 Å². The smallest absolute Gasteiger partial charge is 0.326 e. The van der Waals surface area contributed by atoms with Crippen LogP contribution in [0.3, 0.4) is 0 Å². The predicted molar refractivity (Wildman–Crippen MR) is 108 cm³/mol. The fourth-order valence-electron chi connectivity index (χ4n) is 1.98. The summed E-state index contributed by atoms with van der Waals surface area (Å²) in [7, 11) is 0. The molecule has 0 rings (SSSR count). The number of thioether (sulfide) groups is 1. The lowest BCUT2D eigenvalue weighted by Gasteiger charge is -2.24. The Balaban J connectivity index is 5.15. The molecule has 0 aromatic heterocycles. The van der Waals surface area contributed by atoms with Crippen molar-refractivity contribution in [2.45, 2.75) is 37.0 Å². The number of carbonyl (C=O) groups excluding carboxylic acids is 3. The van der Waals surface area contributed by atoms with Crippen LogP contribution in [0.2, 0.25) is 0 Å². The van der Waals surface area contributed by atoms with E-state index >= 15 is 0 Å². The summed E-state index contributed by atoms with van der Waals surface area (Å²) in [5.41, 5.74) is 5.41. The highest BCUT2D eigenvalue weighted by molar-refractivity contribution is 7.98. The summed E-state index contributed by atoms with van der Waals surface area (Å²) < 4.78 is 0. The number of aliphatic hydroxyl groups is 1. The van der Waals surface area contributed by atoms with Gasteiger partial charge in [0.05, 0.1) is 13.0 Å². The second-order valence-corrected chi connectivity index (χ2v) is 7.22. The van der Waals surface area contributed by atoms with Crippen molar-refractivity contribution < 1.29 is 39.3 Å². The van der Waals surface area contributed by atoms with Gasteiger partial charge in [-0.1, -0.05) is 0 Å². The third-order valence-corrected chi connectivity index (χ3v) is 4.60. The second-order valence-electron chi connectivity index (χ2n) is 5.87. The molecule has 0 aliphatic rings. The first-order chi connectivity index (χ1) is 13.6. The number of carboxylic acids is 2. The number of rotatable bonds is 14. The van der Waals surface area contributed by atoms with Crippen LogP contribution in [0.25, 0.3) is 0 Å². The van der Waals surface area contributed by atoms with Crippen molar-refractivity contribution in [2.75, 3.05) is 24.4 Å². The van der Waals surface area contributed by atoms with Crippen molar-refractivity contribution in [3.63, 3.8) is 0 Å². The van der Waals surface area contributed by atoms with Crippen LogP contribution in [0, 0.1) is 0 Å². The first-order valence-electron chi connectivity index (χ1n) is 8.39. The Hall–Kier alpha value is -2.03. The van der Waals surface area contributed by atoms with Gasteiger partial charge in [-0.15, -0.1) is 0 Å². The Bertz CT molecular complexity index is 607. The van der Waals surface area contributed by atoms with Crippen molar-refractivity contribution in [3.05, 3.63) is 0 Å². The number of hydrogen-bond donors (Lipinski definition) is 8. The fraction of sp³-hybridized carbons (Fsp3) is 0.667. The predicted octanol–water partition coefficient (Wildman–Crippen LogP) is -3.00. The minimum atomic E-state index is -1.69. The molecule has 0 aromatic rings. The number of amides is 3. The van der Waals surface area contributed by atoms with E-state index in [4.69, 9.17) is 21.1 Å². The molecular weight excluding hydrogens is 428 g/mol. The van der Waals surface area contributed by atoms with Gasteiger partial charge in [0.15, 0.2) is 0 Å². The summed E-state index contributed by atoms with van der Waals surface area (Å²) in [5.74, 6) is -5.13. The molecule has 0 heterocycles. The zero-order valence-electron chi connectivity index (χ0n) is 15.7. The molecule has 0 fully saturated rings. The first kappa shape index (κ1) is 27.0. The molecule has 0 bridgehead atoms. The lowest BCUT2D eigenvalue weighted by molar-refractivity contribution is -0.147. The molecular formula is C15H26N4O8S2. The van der Waals surface area contributed by atoms with Crippen molar-refractivity contribution >= 4 is 54.1 Å². The number of nitrogens with one attached hydrogen (secondary N) is 3. The molecule has 12 nitrogen and oxygen atoms in total. The van der Waals surface area contributed by atoms with Crippen LogP contribution in [0.5, 0.6) is 0 Å². The monoisotopic (exact) mass is 454 g/mol. The fourth-order valence-corrected chi connectivity index (χ4v) is 2.71. The number of aliphatic hydroxyl groups excluding tert-OH is 1. The van der Waals surface area contributed by atoms with Gasteiger partial charge in [0, 0.05) is 5.75 Å². The number of thiol groups is 1. The van der Waals surface area contributed by atoms with Crippen molar-refractivity contribution in [1.29, 1.82) is 0 Å². The third-order valence-electron chi connectivity index (χ3n) is 3.59. The van der Waals surface area contributed by atoms with E-state index in [2.05, 4.69) is 23.3 Å². The van der Waals surface area contributed by atoms with Crippen molar-refractivity contribution in [3.8, 4) is 0 Å². The topological polar surface area (TPSA) is 208 Å². The molecule has 8 N–H and O–H groups in total. The van der Waals surface area contributed by atoms with Crippen LogP contribution in [-0.4, -0.2) is 93.5 Å². The normalized spacial score (nSPS) is 14.8. The molecule has 0 spiro atoms.